The number of rotatable bonds is 2. The molecule has 1 N–H and O–H groups in total. The molecule has 2 atom stereocenters. The predicted octanol–water partition coefficient (Wildman–Crippen LogP) is 3.27. The lowest BCUT2D eigenvalue weighted by Crippen LogP contribution is -2.45. The van der Waals surface area contributed by atoms with Crippen molar-refractivity contribution in [3.63, 3.8) is 0 Å². The average Bonchev–Trinajstić information content (AvgIpc) is 2.66. The Morgan fingerprint density at radius 2 is 1.61 bits per heavy atom. The van der Waals surface area contributed by atoms with E-state index >= 15 is 0 Å². The van der Waals surface area contributed by atoms with Crippen LogP contribution in [0.1, 0.15) is 60.8 Å². The first-order chi connectivity index (χ1) is 8.30. The molecule has 1 aliphatic heterocycles. The van der Waals surface area contributed by atoms with E-state index < -0.39 is 0 Å². The number of nitrogens with one attached hydrogen (secondary N) is 1. The molecule has 0 amide bonds. The number of nitrogens with zero attached hydrogens (tertiary/aromatic N) is 1. The Balaban J connectivity index is 2.02. The predicted molar refractivity (Wildman–Crippen MR) is 78.8 cm³/mol. The molecule has 0 aromatic heterocycles. The molecule has 2 aliphatic rings. The topological polar surface area (TPSA) is 15.3 Å². The van der Waals surface area contributed by atoms with Gasteiger partial charge in [0, 0.05) is 18.1 Å². The van der Waals surface area contributed by atoms with Crippen molar-refractivity contribution in [1.82, 2.24) is 10.2 Å². The van der Waals surface area contributed by atoms with Crippen molar-refractivity contribution < 1.29 is 0 Å². The summed E-state index contributed by atoms with van der Waals surface area (Å²) in [6, 6.07) is 2.17. The van der Waals surface area contributed by atoms with Crippen molar-refractivity contribution in [3.05, 3.63) is 0 Å². The summed E-state index contributed by atoms with van der Waals surface area (Å²) in [7, 11) is 0. The minimum Gasteiger partial charge on any atom is -0.311 e. The van der Waals surface area contributed by atoms with Crippen LogP contribution in [0, 0.1) is 10.8 Å². The molecule has 106 valence electrons. The zero-order valence-electron chi connectivity index (χ0n) is 13.2. The van der Waals surface area contributed by atoms with Crippen LogP contribution >= 0.6 is 0 Å². The van der Waals surface area contributed by atoms with Gasteiger partial charge in [-0.15, -0.1) is 0 Å². The fraction of sp³-hybridized carbons (Fsp3) is 1.00. The van der Waals surface area contributed by atoms with Gasteiger partial charge in [-0.25, -0.2) is 0 Å². The first kappa shape index (κ1) is 14.3. The maximum atomic E-state index is 3.76. The Bertz CT molecular complexity index is 281. The molecular weight excluding hydrogens is 220 g/mol. The maximum absolute atomic E-state index is 3.76. The van der Waals surface area contributed by atoms with Gasteiger partial charge in [-0.05, 0) is 50.1 Å². The second-order valence-electron chi connectivity index (χ2n) is 7.63. The van der Waals surface area contributed by atoms with Crippen molar-refractivity contribution >= 4 is 0 Å². The first-order valence-electron chi connectivity index (χ1n) is 7.80. The zero-order chi connectivity index (χ0) is 13.6. The molecule has 2 heteroatoms. The van der Waals surface area contributed by atoms with Gasteiger partial charge in [0.2, 0.25) is 0 Å². The maximum Gasteiger partial charge on any atom is 0.0209 e. The van der Waals surface area contributed by atoms with Crippen LogP contribution in [0.25, 0.3) is 0 Å². The Morgan fingerprint density at radius 1 is 1.06 bits per heavy atom. The van der Waals surface area contributed by atoms with Gasteiger partial charge in [0.1, 0.15) is 0 Å². The quantitative estimate of drug-likeness (QED) is 0.811. The van der Waals surface area contributed by atoms with E-state index in [9.17, 15) is 0 Å². The summed E-state index contributed by atoms with van der Waals surface area (Å²) in [4.78, 5) is 2.78. The fourth-order valence-corrected chi connectivity index (χ4v) is 4.02. The van der Waals surface area contributed by atoms with Gasteiger partial charge >= 0.3 is 0 Å². The van der Waals surface area contributed by atoms with E-state index in [1.165, 1.54) is 32.4 Å². The summed E-state index contributed by atoms with van der Waals surface area (Å²) in [5.41, 5.74) is 0.981. The van der Waals surface area contributed by atoms with E-state index in [2.05, 4.69) is 51.8 Å². The van der Waals surface area contributed by atoms with Gasteiger partial charge in [-0.3, -0.25) is 4.90 Å². The molecule has 2 unspecified atom stereocenters. The largest absolute Gasteiger partial charge is 0.311 e. The lowest BCUT2D eigenvalue weighted by Gasteiger charge is -2.33. The summed E-state index contributed by atoms with van der Waals surface area (Å²) < 4.78 is 0. The van der Waals surface area contributed by atoms with Gasteiger partial charge < -0.3 is 5.32 Å². The summed E-state index contributed by atoms with van der Waals surface area (Å²) in [6.45, 7) is 16.9. The van der Waals surface area contributed by atoms with E-state index in [1.54, 1.807) is 0 Å². The van der Waals surface area contributed by atoms with Gasteiger partial charge in [0.05, 0.1) is 0 Å². The van der Waals surface area contributed by atoms with Gasteiger partial charge in [0.15, 0.2) is 0 Å². The van der Waals surface area contributed by atoms with Gasteiger partial charge in [0.25, 0.3) is 0 Å². The molecule has 18 heavy (non-hydrogen) atoms. The Morgan fingerprint density at radius 3 is 2.11 bits per heavy atom. The minimum atomic E-state index is 0.491. The first-order valence-corrected chi connectivity index (χ1v) is 7.80. The summed E-state index contributed by atoms with van der Waals surface area (Å²) in [6.07, 6.45) is 3.86. The van der Waals surface area contributed by atoms with E-state index in [0.29, 0.717) is 22.9 Å². The molecule has 1 saturated carbocycles. The Labute approximate surface area is 114 Å². The highest BCUT2D eigenvalue weighted by Crippen LogP contribution is 2.65. The van der Waals surface area contributed by atoms with Crippen LogP contribution in [0.4, 0.5) is 0 Å². The van der Waals surface area contributed by atoms with Crippen LogP contribution in [-0.2, 0) is 0 Å². The van der Waals surface area contributed by atoms with Crippen LogP contribution in [0.3, 0.4) is 0 Å². The van der Waals surface area contributed by atoms with Crippen LogP contribution in [0.5, 0.6) is 0 Å². The lowest BCUT2D eigenvalue weighted by atomic mass is 10.0. The van der Waals surface area contributed by atoms with Crippen molar-refractivity contribution in [2.75, 3.05) is 13.1 Å². The van der Waals surface area contributed by atoms with E-state index in [4.69, 9.17) is 0 Å². The molecule has 0 spiro atoms. The van der Waals surface area contributed by atoms with E-state index in [1.807, 2.05) is 0 Å². The van der Waals surface area contributed by atoms with Crippen molar-refractivity contribution in [2.24, 2.45) is 10.8 Å². The molecular formula is C16H32N2. The molecule has 0 radical (unpaired) electrons. The molecule has 0 bridgehead atoms. The summed E-state index contributed by atoms with van der Waals surface area (Å²) in [5, 5.41) is 3.76. The van der Waals surface area contributed by atoms with Gasteiger partial charge in [-0.2, -0.15) is 0 Å². The second kappa shape index (κ2) is 4.79. The molecule has 1 heterocycles. The Hall–Kier alpha value is -0.0800. The van der Waals surface area contributed by atoms with Crippen LogP contribution < -0.4 is 5.32 Å². The highest BCUT2D eigenvalue weighted by Gasteiger charge is 2.66. The number of hydrogen-bond acceptors (Lipinski definition) is 2. The zero-order valence-corrected chi connectivity index (χ0v) is 13.2. The smallest absolute Gasteiger partial charge is 0.0209 e. The molecule has 0 aromatic rings. The Kier molecular flexibility index (Phi) is 3.81. The standard InChI is InChI=1S/C16H32N2/c1-7-13-9-11-18(10-8-12(2)17-13)14-15(3,4)16(14,5)6/h12-14,17H,7-11H2,1-6H3. The third-order valence-corrected chi connectivity index (χ3v) is 5.94. The molecule has 1 saturated heterocycles. The highest BCUT2D eigenvalue weighted by atomic mass is 15.2. The summed E-state index contributed by atoms with van der Waals surface area (Å²) in [5.74, 6) is 0. The molecule has 0 aromatic carbocycles. The van der Waals surface area contributed by atoms with Crippen LogP contribution in [0.15, 0.2) is 0 Å². The van der Waals surface area contributed by atoms with Gasteiger partial charge in [-0.1, -0.05) is 34.6 Å². The van der Waals surface area contributed by atoms with Crippen molar-refractivity contribution in [2.45, 2.75) is 78.9 Å². The summed E-state index contributed by atoms with van der Waals surface area (Å²) >= 11 is 0. The molecule has 1 aliphatic carbocycles. The second-order valence-corrected chi connectivity index (χ2v) is 7.63. The SMILES string of the molecule is CCC1CCN(C2C(C)(C)C2(C)C)CCC(C)N1. The van der Waals surface area contributed by atoms with E-state index in [-0.39, 0.29) is 0 Å². The molecule has 2 nitrogen and oxygen atoms in total. The third kappa shape index (κ3) is 2.34. The fourth-order valence-electron chi connectivity index (χ4n) is 4.02. The molecule has 2 fully saturated rings. The third-order valence-electron chi connectivity index (χ3n) is 5.94. The highest BCUT2D eigenvalue weighted by molar-refractivity contribution is 5.18. The van der Waals surface area contributed by atoms with E-state index in [0.717, 1.165) is 6.04 Å². The van der Waals surface area contributed by atoms with Crippen molar-refractivity contribution in [1.29, 1.82) is 0 Å². The van der Waals surface area contributed by atoms with Crippen LogP contribution in [0.2, 0.25) is 0 Å². The average molecular weight is 252 g/mol. The minimum absolute atomic E-state index is 0.491. The lowest BCUT2D eigenvalue weighted by molar-refractivity contribution is 0.180. The number of hydrogen-bond donors (Lipinski definition) is 1. The van der Waals surface area contributed by atoms with Crippen LogP contribution in [-0.4, -0.2) is 36.1 Å². The van der Waals surface area contributed by atoms with Crippen molar-refractivity contribution in [3.8, 4) is 0 Å². The monoisotopic (exact) mass is 252 g/mol. The molecule has 2 rings (SSSR count). The normalized spacial score (nSPS) is 37.0.